The van der Waals surface area contributed by atoms with Gasteiger partial charge >= 0.3 is 12.1 Å². The Labute approximate surface area is 272 Å². The van der Waals surface area contributed by atoms with Crippen LogP contribution in [0.1, 0.15) is 86.5 Å². The van der Waals surface area contributed by atoms with Crippen LogP contribution in [-0.4, -0.2) is 84.1 Å². The fourth-order valence-corrected chi connectivity index (χ4v) is 7.88. The second-order valence-corrected chi connectivity index (χ2v) is 14.2. The maximum atomic E-state index is 14.1. The van der Waals surface area contributed by atoms with Crippen LogP contribution in [0.15, 0.2) is 47.1 Å². The molecule has 10 atom stereocenters. The van der Waals surface area contributed by atoms with Gasteiger partial charge in [0.1, 0.15) is 36.4 Å². The van der Waals surface area contributed by atoms with Crippen LogP contribution in [-0.2, 0) is 33.2 Å². The number of hydrogen-bond donors (Lipinski definition) is 2. The van der Waals surface area contributed by atoms with E-state index >= 15 is 0 Å². The SMILES string of the molecule is CCOC(=O)OC[C@]1(C)CC[C@]2(C[C@@H]3C[C@@H](C/C=C(\C)C[C@@H](C)/C=C/C=C4\CO[C@@H]5[C@H](O)C(C)=C[C@@H](C(=O)O3)[C@]45O)O2)O[C@@H]1CC. The molecule has 1 aliphatic carbocycles. The second kappa shape index (κ2) is 13.9. The topological polar surface area (TPSA) is 130 Å². The zero-order chi connectivity index (χ0) is 33.3. The molecular formula is C36H52O10. The zero-order valence-corrected chi connectivity index (χ0v) is 28.2. The Bertz CT molecular complexity index is 1270. The van der Waals surface area contributed by atoms with E-state index in [-0.39, 0.29) is 37.9 Å². The third kappa shape index (κ3) is 7.02. The smallest absolute Gasteiger partial charge is 0.462 e. The molecule has 0 aromatic heterocycles. The highest BCUT2D eigenvalue weighted by Gasteiger charge is 2.60. The first-order chi connectivity index (χ1) is 21.8. The lowest BCUT2D eigenvalue weighted by molar-refractivity contribution is -0.348. The Morgan fingerprint density at radius 2 is 1.91 bits per heavy atom. The highest BCUT2D eigenvalue weighted by molar-refractivity contribution is 5.78. The molecule has 0 saturated carbocycles. The summed E-state index contributed by atoms with van der Waals surface area (Å²) in [4.78, 5) is 26.0. The molecule has 46 heavy (non-hydrogen) atoms. The van der Waals surface area contributed by atoms with E-state index in [4.69, 9.17) is 28.4 Å². The fourth-order valence-electron chi connectivity index (χ4n) is 7.88. The predicted octanol–water partition coefficient (Wildman–Crippen LogP) is 5.47. The largest absolute Gasteiger partial charge is 0.508 e. The molecule has 1 spiro atoms. The number of carbonyl (C=O) groups excluding carboxylic acids is 2. The van der Waals surface area contributed by atoms with Crippen molar-refractivity contribution in [3.63, 3.8) is 0 Å². The number of aliphatic hydroxyl groups excluding tert-OH is 1. The first kappa shape index (κ1) is 34.8. The third-order valence-electron chi connectivity index (χ3n) is 10.5. The monoisotopic (exact) mass is 644 g/mol. The molecule has 0 radical (unpaired) electrons. The van der Waals surface area contributed by atoms with Gasteiger partial charge in [-0.1, -0.05) is 56.7 Å². The lowest BCUT2D eigenvalue weighted by atomic mass is 9.71. The minimum Gasteiger partial charge on any atom is -0.462 e. The number of esters is 1. The molecule has 0 unspecified atom stereocenters. The summed E-state index contributed by atoms with van der Waals surface area (Å²) in [5.74, 6) is -2.37. The quantitative estimate of drug-likeness (QED) is 0.300. The number of fused-ring (bicyclic) bond motifs is 2. The molecular weight excluding hydrogens is 592 g/mol. The van der Waals surface area contributed by atoms with Crippen molar-refractivity contribution in [3.05, 3.63) is 47.1 Å². The van der Waals surface area contributed by atoms with Crippen LogP contribution in [0, 0.1) is 17.3 Å². The fraction of sp³-hybridized carbons (Fsp3) is 0.722. The van der Waals surface area contributed by atoms with Crippen molar-refractivity contribution >= 4 is 12.1 Å². The summed E-state index contributed by atoms with van der Waals surface area (Å²) in [6.07, 6.45) is 10.0. The van der Waals surface area contributed by atoms with E-state index in [1.54, 1.807) is 19.9 Å². The Morgan fingerprint density at radius 3 is 2.65 bits per heavy atom. The van der Waals surface area contributed by atoms with Gasteiger partial charge in [0.25, 0.3) is 0 Å². The van der Waals surface area contributed by atoms with E-state index in [0.29, 0.717) is 49.7 Å². The van der Waals surface area contributed by atoms with Crippen molar-refractivity contribution in [2.45, 2.75) is 128 Å². The average Bonchev–Trinajstić information content (AvgIpc) is 3.35. The molecule has 0 aromatic rings. The van der Waals surface area contributed by atoms with Gasteiger partial charge in [0, 0.05) is 24.7 Å². The normalized spacial score (nSPS) is 44.5. The van der Waals surface area contributed by atoms with Crippen molar-refractivity contribution in [1.29, 1.82) is 0 Å². The van der Waals surface area contributed by atoms with Gasteiger partial charge < -0.3 is 38.6 Å². The van der Waals surface area contributed by atoms with Gasteiger partial charge in [-0.05, 0) is 63.5 Å². The highest BCUT2D eigenvalue weighted by atomic mass is 16.7. The summed E-state index contributed by atoms with van der Waals surface area (Å²) in [7, 11) is 0. The summed E-state index contributed by atoms with van der Waals surface area (Å²) in [5, 5.41) is 23.1. The minimum absolute atomic E-state index is 0.105. The third-order valence-corrected chi connectivity index (χ3v) is 10.5. The predicted molar refractivity (Wildman–Crippen MR) is 170 cm³/mol. The number of aliphatic hydroxyl groups is 2. The van der Waals surface area contributed by atoms with Crippen LogP contribution < -0.4 is 0 Å². The van der Waals surface area contributed by atoms with Crippen molar-refractivity contribution in [3.8, 4) is 0 Å². The van der Waals surface area contributed by atoms with Crippen LogP contribution in [0.25, 0.3) is 0 Å². The van der Waals surface area contributed by atoms with E-state index in [1.807, 2.05) is 19.1 Å². The number of allylic oxidation sites excluding steroid dienone is 4. The van der Waals surface area contributed by atoms with Crippen LogP contribution in [0.4, 0.5) is 4.79 Å². The van der Waals surface area contributed by atoms with E-state index in [1.165, 1.54) is 5.57 Å². The Morgan fingerprint density at radius 1 is 1.13 bits per heavy atom. The van der Waals surface area contributed by atoms with Crippen LogP contribution in [0.3, 0.4) is 0 Å². The van der Waals surface area contributed by atoms with E-state index in [9.17, 15) is 19.8 Å². The molecule has 3 saturated heterocycles. The van der Waals surface area contributed by atoms with E-state index in [2.05, 4.69) is 32.9 Å². The van der Waals surface area contributed by atoms with Crippen molar-refractivity contribution in [2.75, 3.05) is 19.8 Å². The molecule has 5 rings (SSSR count). The van der Waals surface area contributed by atoms with Gasteiger partial charge in [0.15, 0.2) is 5.79 Å². The standard InChI is InChI=1S/C36H52O10/c1-7-29-34(6,21-43-33(39)41-8-2)14-15-35(46-29)19-27-18-26(45-35)13-12-23(4)16-22(3)10-9-11-25-20-42-31-30(37)24(5)17-28(32(38)44-27)36(25,31)40/h9-12,17,22,26-31,37,40H,7-8,13-16,18-21H2,1-6H3/b10-9+,23-12+,25-11+/t22-,26+,27-,28-,29+,30+,31+,34-,35+,36+/m0/s1. The summed E-state index contributed by atoms with van der Waals surface area (Å²) < 4.78 is 36.2. The number of rotatable bonds is 4. The van der Waals surface area contributed by atoms with Gasteiger partial charge in [-0.2, -0.15) is 0 Å². The van der Waals surface area contributed by atoms with Gasteiger partial charge in [-0.25, -0.2) is 4.79 Å². The Hall–Kier alpha value is -2.50. The molecule has 5 aliphatic rings. The summed E-state index contributed by atoms with van der Waals surface area (Å²) in [6.45, 7) is 12.3. The van der Waals surface area contributed by atoms with Crippen molar-refractivity contribution in [1.82, 2.24) is 0 Å². The molecule has 2 N–H and O–H groups in total. The Kier molecular flexibility index (Phi) is 10.5. The summed E-state index contributed by atoms with van der Waals surface area (Å²) in [5.41, 5.74) is 0.139. The number of carbonyl (C=O) groups is 2. The molecule has 0 aromatic carbocycles. The first-order valence-electron chi connectivity index (χ1n) is 16.9. The molecule has 3 fully saturated rings. The van der Waals surface area contributed by atoms with Crippen molar-refractivity contribution in [2.24, 2.45) is 17.3 Å². The van der Waals surface area contributed by atoms with Crippen LogP contribution in [0.5, 0.6) is 0 Å². The molecule has 4 aliphatic heterocycles. The molecule has 0 amide bonds. The van der Waals surface area contributed by atoms with Gasteiger partial charge in [0.2, 0.25) is 0 Å². The maximum absolute atomic E-state index is 14.1. The van der Waals surface area contributed by atoms with E-state index in [0.717, 1.165) is 6.42 Å². The van der Waals surface area contributed by atoms with Crippen LogP contribution >= 0.6 is 0 Å². The van der Waals surface area contributed by atoms with Gasteiger partial charge in [-0.15, -0.1) is 0 Å². The molecule has 10 heteroatoms. The number of hydrogen-bond acceptors (Lipinski definition) is 10. The molecule has 4 heterocycles. The van der Waals surface area contributed by atoms with E-state index < -0.39 is 53.2 Å². The number of ether oxygens (including phenoxy) is 6. The van der Waals surface area contributed by atoms with Gasteiger partial charge in [0.05, 0.1) is 25.4 Å². The first-order valence-corrected chi connectivity index (χ1v) is 16.9. The Balaban J connectivity index is 1.45. The van der Waals surface area contributed by atoms with Gasteiger partial charge in [-0.3, -0.25) is 4.79 Å². The van der Waals surface area contributed by atoms with Crippen LogP contribution in [0.2, 0.25) is 0 Å². The molecule has 256 valence electrons. The lowest BCUT2D eigenvalue weighted by Gasteiger charge is -2.53. The summed E-state index contributed by atoms with van der Waals surface area (Å²) >= 11 is 0. The molecule has 2 bridgehead atoms. The summed E-state index contributed by atoms with van der Waals surface area (Å²) in [6, 6.07) is 0. The maximum Gasteiger partial charge on any atom is 0.508 e. The minimum atomic E-state index is -1.74. The highest BCUT2D eigenvalue weighted by Crippen LogP contribution is 2.49. The van der Waals surface area contributed by atoms with Crippen molar-refractivity contribution < 1.29 is 48.2 Å². The molecule has 10 nitrogen and oxygen atoms in total. The lowest BCUT2D eigenvalue weighted by Crippen LogP contribution is -2.59. The zero-order valence-electron chi connectivity index (χ0n) is 28.2. The second-order valence-electron chi connectivity index (χ2n) is 14.2. The average molecular weight is 645 g/mol.